The van der Waals surface area contributed by atoms with E-state index >= 15 is 0 Å². The van der Waals surface area contributed by atoms with Gasteiger partial charge in [-0.25, -0.2) is 0 Å². The molecule has 0 aliphatic rings. The molecule has 0 radical (unpaired) electrons. The molecule has 0 bridgehead atoms. The van der Waals surface area contributed by atoms with Crippen LogP contribution in [0.5, 0.6) is 0 Å². The van der Waals surface area contributed by atoms with Gasteiger partial charge in [0.1, 0.15) is 0 Å². The second-order valence-corrected chi connectivity index (χ2v) is 7.65. The third kappa shape index (κ3) is 5.98. The Morgan fingerprint density at radius 1 is 1.04 bits per heavy atom. The maximum absolute atomic E-state index is 12.3. The molecule has 2 amide bonds. The topological polar surface area (TPSA) is 49.4 Å². The number of carbonyl (C=O) groups excluding carboxylic acids is 2. The maximum atomic E-state index is 12.3. The zero-order valence-corrected chi connectivity index (χ0v) is 17.5. The van der Waals surface area contributed by atoms with E-state index in [1.807, 2.05) is 39.0 Å². The summed E-state index contributed by atoms with van der Waals surface area (Å²) in [5.41, 5.74) is 4.83. The van der Waals surface area contributed by atoms with Gasteiger partial charge in [0.05, 0.1) is 6.54 Å². The third-order valence-electron chi connectivity index (χ3n) is 4.37. The summed E-state index contributed by atoms with van der Waals surface area (Å²) < 4.78 is 0. The number of hydrogen-bond acceptors (Lipinski definition) is 2. The van der Waals surface area contributed by atoms with E-state index in [1.165, 1.54) is 4.90 Å². The molecule has 4 nitrogen and oxygen atoms in total. The summed E-state index contributed by atoms with van der Waals surface area (Å²) in [5.74, 6) is -0.334. The fourth-order valence-electron chi connectivity index (χ4n) is 3.02. The molecule has 2 rings (SSSR count). The second kappa shape index (κ2) is 9.25. The number of anilines is 1. The fourth-order valence-corrected chi connectivity index (χ4v) is 3.52. The number of aryl methyl sites for hydroxylation is 4. The van der Waals surface area contributed by atoms with Gasteiger partial charge in [-0.2, -0.15) is 0 Å². The van der Waals surface area contributed by atoms with Crippen LogP contribution in [-0.4, -0.2) is 30.3 Å². The van der Waals surface area contributed by atoms with Crippen LogP contribution < -0.4 is 5.32 Å². The molecular formula is C21H24Cl2N2O2. The van der Waals surface area contributed by atoms with Gasteiger partial charge in [0, 0.05) is 29.2 Å². The van der Waals surface area contributed by atoms with Gasteiger partial charge in [0.15, 0.2) is 0 Å². The Hall–Kier alpha value is -2.04. The number of rotatable bonds is 6. The van der Waals surface area contributed by atoms with Crippen molar-refractivity contribution in [3.05, 3.63) is 62.6 Å². The maximum Gasteiger partial charge on any atom is 0.243 e. The molecule has 0 unspecified atom stereocenters. The molecule has 1 N–H and O–H groups in total. The van der Waals surface area contributed by atoms with Crippen molar-refractivity contribution in [3.8, 4) is 0 Å². The third-order valence-corrected chi connectivity index (χ3v) is 4.96. The first-order valence-electron chi connectivity index (χ1n) is 8.73. The van der Waals surface area contributed by atoms with E-state index in [1.54, 1.807) is 19.2 Å². The molecule has 0 fully saturated rings. The summed E-state index contributed by atoms with van der Waals surface area (Å²) in [7, 11) is 1.63. The molecular weight excluding hydrogens is 383 g/mol. The predicted molar refractivity (Wildman–Crippen MR) is 112 cm³/mol. The van der Waals surface area contributed by atoms with Crippen LogP contribution in [0, 0.1) is 20.8 Å². The number of carbonyl (C=O) groups is 2. The number of nitrogens with one attached hydrogen (secondary N) is 1. The van der Waals surface area contributed by atoms with E-state index in [0.29, 0.717) is 16.5 Å². The average Bonchev–Trinajstić information content (AvgIpc) is 2.57. The number of benzene rings is 2. The van der Waals surface area contributed by atoms with Gasteiger partial charge < -0.3 is 10.2 Å². The Balaban J connectivity index is 1.91. The van der Waals surface area contributed by atoms with Crippen molar-refractivity contribution in [2.24, 2.45) is 0 Å². The van der Waals surface area contributed by atoms with Crippen LogP contribution in [0.25, 0.3) is 0 Å². The zero-order chi connectivity index (χ0) is 20.1. The highest BCUT2D eigenvalue weighted by atomic mass is 35.5. The molecule has 144 valence electrons. The lowest BCUT2D eigenvalue weighted by Crippen LogP contribution is -2.35. The first-order chi connectivity index (χ1) is 12.7. The van der Waals surface area contributed by atoms with E-state index < -0.39 is 0 Å². The standard InChI is InChI=1S/C21H24Cl2N2O2/c1-13-9-14(2)21(15(3)10-13)24-19(26)12-25(4)20(27)8-6-16-5-7-17(22)11-18(16)23/h5,7,9-11H,6,8,12H2,1-4H3,(H,24,26). The Labute approximate surface area is 170 Å². The van der Waals surface area contributed by atoms with E-state index in [-0.39, 0.29) is 24.8 Å². The smallest absolute Gasteiger partial charge is 0.243 e. The summed E-state index contributed by atoms with van der Waals surface area (Å²) in [4.78, 5) is 26.1. The molecule has 0 saturated carbocycles. The first-order valence-corrected chi connectivity index (χ1v) is 9.48. The summed E-state index contributed by atoms with van der Waals surface area (Å²) >= 11 is 12.0. The molecule has 27 heavy (non-hydrogen) atoms. The van der Waals surface area contributed by atoms with Gasteiger partial charge >= 0.3 is 0 Å². The van der Waals surface area contributed by atoms with Crippen molar-refractivity contribution in [1.82, 2.24) is 4.90 Å². The minimum atomic E-state index is -0.217. The van der Waals surface area contributed by atoms with Crippen LogP contribution in [0.4, 0.5) is 5.69 Å². The summed E-state index contributed by atoms with van der Waals surface area (Å²) in [5, 5.41) is 4.02. The van der Waals surface area contributed by atoms with Crippen molar-refractivity contribution in [1.29, 1.82) is 0 Å². The Bertz CT molecular complexity index is 842. The van der Waals surface area contributed by atoms with E-state index in [9.17, 15) is 9.59 Å². The van der Waals surface area contributed by atoms with Crippen LogP contribution >= 0.6 is 23.2 Å². The molecule has 2 aromatic rings. The van der Waals surface area contributed by atoms with Gasteiger partial charge in [-0.05, 0) is 56.0 Å². The summed E-state index contributed by atoms with van der Waals surface area (Å²) in [6.07, 6.45) is 0.769. The summed E-state index contributed by atoms with van der Waals surface area (Å²) in [6, 6.07) is 9.26. The van der Waals surface area contributed by atoms with Crippen LogP contribution in [0.2, 0.25) is 10.0 Å². The van der Waals surface area contributed by atoms with Gasteiger partial charge in [-0.15, -0.1) is 0 Å². The van der Waals surface area contributed by atoms with E-state index in [2.05, 4.69) is 5.32 Å². The number of likely N-dealkylation sites (N-methyl/N-ethyl adjacent to an activating group) is 1. The van der Waals surface area contributed by atoms with Gasteiger partial charge in [0.25, 0.3) is 0 Å². The highest BCUT2D eigenvalue weighted by Crippen LogP contribution is 2.23. The lowest BCUT2D eigenvalue weighted by atomic mass is 10.1. The van der Waals surface area contributed by atoms with E-state index in [4.69, 9.17) is 23.2 Å². The molecule has 0 spiro atoms. The van der Waals surface area contributed by atoms with Crippen molar-refractivity contribution in [2.75, 3.05) is 18.9 Å². The first kappa shape index (κ1) is 21.3. The van der Waals surface area contributed by atoms with Crippen LogP contribution in [0.15, 0.2) is 30.3 Å². The molecule has 0 heterocycles. The lowest BCUT2D eigenvalue weighted by molar-refractivity contribution is -0.133. The number of amides is 2. The molecule has 0 aliphatic heterocycles. The fraction of sp³-hybridized carbons (Fsp3) is 0.333. The van der Waals surface area contributed by atoms with Crippen molar-refractivity contribution < 1.29 is 9.59 Å². The molecule has 2 aromatic carbocycles. The predicted octanol–water partition coefficient (Wildman–Crippen LogP) is 4.95. The average molecular weight is 407 g/mol. The normalized spacial score (nSPS) is 10.6. The van der Waals surface area contributed by atoms with Crippen LogP contribution in [0.3, 0.4) is 0 Å². The minimum Gasteiger partial charge on any atom is -0.336 e. The molecule has 0 aromatic heterocycles. The Morgan fingerprint density at radius 3 is 2.26 bits per heavy atom. The van der Waals surface area contributed by atoms with Crippen LogP contribution in [-0.2, 0) is 16.0 Å². The lowest BCUT2D eigenvalue weighted by Gasteiger charge is -2.18. The largest absolute Gasteiger partial charge is 0.336 e. The Kier molecular flexibility index (Phi) is 7.28. The zero-order valence-electron chi connectivity index (χ0n) is 16.0. The van der Waals surface area contributed by atoms with Crippen molar-refractivity contribution >= 4 is 40.7 Å². The molecule has 6 heteroatoms. The highest BCUT2D eigenvalue weighted by molar-refractivity contribution is 6.35. The Morgan fingerprint density at radius 2 is 1.67 bits per heavy atom. The molecule has 0 saturated heterocycles. The SMILES string of the molecule is Cc1cc(C)c(NC(=O)CN(C)C(=O)CCc2ccc(Cl)cc2Cl)c(C)c1. The second-order valence-electron chi connectivity index (χ2n) is 6.81. The van der Waals surface area contributed by atoms with Gasteiger partial charge in [0.2, 0.25) is 11.8 Å². The number of halogens is 2. The quantitative estimate of drug-likeness (QED) is 0.737. The number of nitrogens with zero attached hydrogens (tertiary/aromatic N) is 1. The molecule has 0 aliphatic carbocycles. The van der Waals surface area contributed by atoms with Gasteiger partial charge in [-0.1, -0.05) is 47.0 Å². The minimum absolute atomic E-state index is 0.0000598. The number of hydrogen-bond donors (Lipinski definition) is 1. The van der Waals surface area contributed by atoms with Gasteiger partial charge in [-0.3, -0.25) is 9.59 Å². The van der Waals surface area contributed by atoms with Crippen LogP contribution in [0.1, 0.15) is 28.7 Å². The van der Waals surface area contributed by atoms with E-state index in [0.717, 1.165) is 27.9 Å². The summed E-state index contributed by atoms with van der Waals surface area (Å²) in [6.45, 7) is 5.94. The monoisotopic (exact) mass is 406 g/mol. The molecule has 0 atom stereocenters. The van der Waals surface area contributed by atoms with Crippen molar-refractivity contribution in [3.63, 3.8) is 0 Å². The van der Waals surface area contributed by atoms with Crippen molar-refractivity contribution in [2.45, 2.75) is 33.6 Å². The highest BCUT2D eigenvalue weighted by Gasteiger charge is 2.15.